The van der Waals surface area contributed by atoms with Gasteiger partial charge in [0.1, 0.15) is 11.9 Å². The number of benzene rings is 1. The molecule has 0 spiro atoms. The predicted molar refractivity (Wildman–Crippen MR) is 53.4 cm³/mol. The van der Waals surface area contributed by atoms with Crippen molar-refractivity contribution in [1.29, 1.82) is 0 Å². The minimum absolute atomic E-state index is 0.0354. The van der Waals surface area contributed by atoms with Gasteiger partial charge in [-0.15, -0.1) is 0 Å². The van der Waals surface area contributed by atoms with E-state index in [1.807, 2.05) is 0 Å². The molecule has 0 aromatic heterocycles. The van der Waals surface area contributed by atoms with Crippen molar-refractivity contribution >= 4 is 5.97 Å². The number of hydrogen-bond acceptors (Lipinski definition) is 5. The molecule has 0 saturated carbocycles. The first kappa shape index (κ1) is 12.3. The number of nitrogens with two attached hydrogens (primary N) is 1. The minimum atomic E-state index is -1.01. The minimum Gasteiger partial charge on any atom is -0.504 e. The van der Waals surface area contributed by atoms with Gasteiger partial charge in [-0.25, -0.2) is 4.39 Å². The Kier molecular flexibility index (Phi) is 3.68. The molecule has 6 heteroatoms. The van der Waals surface area contributed by atoms with Crippen molar-refractivity contribution in [2.75, 3.05) is 7.11 Å². The molecule has 0 radical (unpaired) electrons. The van der Waals surface area contributed by atoms with Gasteiger partial charge < -0.3 is 20.7 Å². The summed E-state index contributed by atoms with van der Waals surface area (Å²) in [6.45, 7) is 0. The van der Waals surface area contributed by atoms with Gasteiger partial charge in [-0.1, -0.05) is 0 Å². The molecule has 0 aliphatic rings. The fraction of sp³-hybridized carbons (Fsp3) is 0.300. The summed E-state index contributed by atoms with van der Waals surface area (Å²) in [4.78, 5) is 11.0. The second kappa shape index (κ2) is 4.80. The zero-order chi connectivity index (χ0) is 12.3. The maximum absolute atomic E-state index is 13.3. The lowest BCUT2D eigenvalue weighted by Gasteiger charge is -2.10. The number of esters is 1. The van der Waals surface area contributed by atoms with Gasteiger partial charge in [0.05, 0.1) is 7.11 Å². The Hall–Kier alpha value is -1.82. The van der Waals surface area contributed by atoms with Crippen molar-refractivity contribution in [2.24, 2.45) is 5.73 Å². The highest BCUT2D eigenvalue weighted by molar-refractivity contribution is 5.75. The van der Waals surface area contributed by atoms with E-state index in [1.54, 1.807) is 0 Å². The van der Waals surface area contributed by atoms with E-state index < -0.39 is 29.3 Å². The third-order valence-corrected chi connectivity index (χ3v) is 2.09. The molecule has 4 N–H and O–H groups in total. The van der Waals surface area contributed by atoms with E-state index in [1.165, 1.54) is 7.11 Å². The Morgan fingerprint density at radius 1 is 1.50 bits per heavy atom. The molecule has 88 valence electrons. The lowest BCUT2D eigenvalue weighted by molar-refractivity contribution is -0.142. The van der Waals surface area contributed by atoms with E-state index in [-0.39, 0.29) is 12.0 Å². The average Bonchev–Trinajstić information content (AvgIpc) is 2.24. The lowest BCUT2D eigenvalue weighted by atomic mass is 10.1. The highest BCUT2D eigenvalue weighted by Crippen LogP contribution is 2.27. The smallest absolute Gasteiger partial charge is 0.322 e. The van der Waals surface area contributed by atoms with E-state index in [9.17, 15) is 9.18 Å². The monoisotopic (exact) mass is 229 g/mol. The average molecular weight is 229 g/mol. The maximum atomic E-state index is 13.3. The second-order valence-corrected chi connectivity index (χ2v) is 3.27. The van der Waals surface area contributed by atoms with Crippen LogP contribution in [0.4, 0.5) is 4.39 Å². The molecule has 0 bridgehead atoms. The van der Waals surface area contributed by atoms with Gasteiger partial charge in [0.25, 0.3) is 0 Å². The molecule has 0 amide bonds. The third kappa shape index (κ3) is 2.60. The van der Waals surface area contributed by atoms with Gasteiger partial charge in [-0.2, -0.15) is 0 Å². The van der Waals surface area contributed by atoms with Crippen molar-refractivity contribution in [2.45, 2.75) is 12.5 Å². The van der Waals surface area contributed by atoms with E-state index >= 15 is 0 Å². The largest absolute Gasteiger partial charge is 0.504 e. The van der Waals surface area contributed by atoms with Crippen LogP contribution in [0.5, 0.6) is 11.5 Å². The van der Waals surface area contributed by atoms with Crippen LogP contribution in [-0.4, -0.2) is 29.3 Å². The molecule has 0 heterocycles. The molecule has 1 atom stereocenters. The molecule has 1 rings (SSSR count). The van der Waals surface area contributed by atoms with Crippen LogP contribution in [0, 0.1) is 5.82 Å². The van der Waals surface area contributed by atoms with Gasteiger partial charge in [0, 0.05) is 12.5 Å². The van der Waals surface area contributed by atoms with Crippen LogP contribution in [0.2, 0.25) is 0 Å². The standard InChI is InChI=1S/C10H12FNO4/c1-16-10(15)7(12)2-5-3-8(13)9(14)4-6(5)11/h3-4,7,13-14H,2,12H2,1H3/t7-/m0/s1. The summed E-state index contributed by atoms with van der Waals surface area (Å²) in [5.74, 6) is -2.44. The number of carbonyl (C=O) groups is 1. The van der Waals surface area contributed by atoms with Crippen LogP contribution < -0.4 is 5.73 Å². The molecule has 0 aliphatic carbocycles. The molecule has 5 nitrogen and oxygen atoms in total. The summed E-state index contributed by atoms with van der Waals surface area (Å²) in [5.41, 5.74) is 5.47. The van der Waals surface area contributed by atoms with Crippen molar-refractivity contribution in [3.8, 4) is 11.5 Å². The van der Waals surface area contributed by atoms with Gasteiger partial charge in [0.2, 0.25) is 0 Å². The Bertz CT molecular complexity index is 408. The summed E-state index contributed by atoms with van der Waals surface area (Å²) in [6.07, 6.45) is -0.119. The lowest BCUT2D eigenvalue weighted by Crippen LogP contribution is -2.33. The number of carbonyl (C=O) groups excluding carboxylic acids is 1. The van der Waals surface area contributed by atoms with E-state index in [0.29, 0.717) is 0 Å². The predicted octanol–water partition coefficient (Wildman–Crippen LogP) is 0.280. The summed E-state index contributed by atoms with van der Waals surface area (Å²) in [5, 5.41) is 18.2. The zero-order valence-corrected chi connectivity index (χ0v) is 8.61. The van der Waals surface area contributed by atoms with Crippen LogP contribution in [-0.2, 0) is 16.0 Å². The molecule has 1 aromatic carbocycles. The maximum Gasteiger partial charge on any atom is 0.322 e. The number of halogens is 1. The third-order valence-electron chi connectivity index (χ3n) is 2.09. The van der Waals surface area contributed by atoms with E-state index in [4.69, 9.17) is 15.9 Å². The number of methoxy groups -OCH3 is 1. The SMILES string of the molecule is COC(=O)[C@@H](N)Cc1cc(O)c(O)cc1F. The van der Waals surface area contributed by atoms with E-state index in [2.05, 4.69) is 4.74 Å². The Morgan fingerprint density at radius 2 is 2.06 bits per heavy atom. The van der Waals surface area contributed by atoms with Gasteiger partial charge in [-0.05, 0) is 11.6 Å². The molecule has 0 unspecified atom stereocenters. The molecular formula is C10H12FNO4. The van der Waals surface area contributed by atoms with Crippen LogP contribution in [0.1, 0.15) is 5.56 Å². The summed E-state index contributed by atoms with van der Waals surface area (Å²) in [7, 11) is 1.17. The normalized spacial score (nSPS) is 12.2. The molecular weight excluding hydrogens is 217 g/mol. The highest BCUT2D eigenvalue weighted by Gasteiger charge is 2.18. The van der Waals surface area contributed by atoms with Crippen LogP contribution in [0.25, 0.3) is 0 Å². The van der Waals surface area contributed by atoms with Gasteiger partial charge in [0.15, 0.2) is 11.5 Å². The number of hydrogen-bond donors (Lipinski definition) is 3. The number of phenolic OH excluding ortho intramolecular Hbond substituents is 2. The van der Waals surface area contributed by atoms with Gasteiger partial charge >= 0.3 is 5.97 Å². The molecule has 0 saturated heterocycles. The van der Waals surface area contributed by atoms with Crippen molar-refractivity contribution < 1.29 is 24.1 Å². The molecule has 1 aromatic rings. The first-order chi connectivity index (χ1) is 7.45. The van der Waals surface area contributed by atoms with Gasteiger partial charge in [-0.3, -0.25) is 4.79 Å². The van der Waals surface area contributed by atoms with Crippen LogP contribution in [0.15, 0.2) is 12.1 Å². The van der Waals surface area contributed by atoms with Crippen molar-refractivity contribution in [3.05, 3.63) is 23.5 Å². The fourth-order valence-electron chi connectivity index (χ4n) is 1.22. The van der Waals surface area contributed by atoms with Crippen molar-refractivity contribution in [3.63, 3.8) is 0 Å². The zero-order valence-electron chi connectivity index (χ0n) is 8.61. The van der Waals surface area contributed by atoms with Crippen LogP contribution in [0.3, 0.4) is 0 Å². The van der Waals surface area contributed by atoms with Crippen LogP contribution >= 0.6 is 0 Å². The second-order valence-electron chi connectivity index (χ2n) is 3.27. The quantitative estimate of drug-likeness (QED) is 0.511. The first-order valence-corrected chi connectivity index (χ1v) is 4.49. The summed E-state index contributed by atoms with van der Waals surface area (Å²) in [6, 6.07) is 0.769. The number of aromatic hydroxyl groups is 2. The Labute approximate surface area is 91.3 Å². The Balaban J connectivity index is 2.89. The number of rotatable bonds is 3. The Morgan fingerprint density at radius 3 is 2.62 bits per heavy atom. The molecule has 0 aliphatic heterocycles. The number of ether oxygens (including phenoxy) is 1. The topological polar surface area (TPSA) is 92.8 Å². The summed E-state index contributed by atoms with van der Waals surface area (Å²) >= 11 is 0. The van der Waals surface area contributed by atoms with Crippen molar-refractivity contribution in [1.82, 2.24) is 0 Å². The molecule has 0 fully saturated rings. The first-order valence-electron chi connectivity index (χ1n) is 4.49. The van der Waals surface area contributed by atoms with E-state index in [0.717, 1.165) is 12.1 Å². The number of phenols is 2. The highest BCUT2D eigenvalue weighted by atomic mass is 19.1. The summed E-state index contributed by atoms with van der Waals surface area (Å²) < 4.78 is 17.7. The fourth-order valence-corrected chi connectivity index (χ4v) is 1.22. The molecule has 16 heavy (non-hydrogen) atoms.